The van der Waals surface area contributed by atoms with E-state index in [4.69, 9.17) is 0 Å². The quantitative estimate of drug-likeness (QED) is 0.905. The van der Waals surface area contributed by atoms with Crippen LogP contribution in [0.1, 0.15) is 50.4 Å². The summed E-state index contributed by atoms with van der Waals surface area (Å²) >= 11 is 0. The minimum absolute atomic E-state index is 0.150. The van der Waals surface area contributed by atoms with Crippen molar-refractivity contribution in [1.29, 1.82) is 0 Å². The average Bonchev–Trinajstić information content (AvgIpc) is 2.59. The average molecular weight is 310 g/mol. The fourth-order valence-corrected chi connectivity index (χ4v) is 3.19. The molecule has 122 valence electrons. The number of nitrogens with one attached hydrogen (secondary N) is 1. The van der Waals surface area contributed by atoms with Crippen molar-refractivity contribution in [1.82, 2.24) is 14.9 Å². The van der Waals surface area contributed by atoms with Crippen LogP contribution >= 0.6 is 0 Å². The largest absolute Gasteiger partial charge is 0.377 e. The first-order chi connectivity index (χ1) is 11.2. The molecule has 1 aliphatic heterocycles. The number of rotatable bonds is 5. The molecule has 2 atom stereocenters. The van der Waals surface area contributed by atoms with Crippen molar-refractivity contribution in [3.05, 3.63) is 54.1 Å². The molecule has 1 aromatic carbocycles. The van der Waals surface area contributed by atoms with Crippen LogP contribution in [0.15, 0.2) is 42.9 Å². The number of nitrogens with zero attached hydrogens (tertiary/aromatic N) is 3. The van der Waals surface area contributed by atoms with Gasteiger partial charge in [0.1, 0.15) is 0 Å². The van der Waals surface area contributed by atoms with Crippen LogP contribution < -0.4 is 5.32 Å². The highest BCUT2D eigenvalue weighted by Crippen LogP contribution is 2.21. The van der Waals surface area contributed by atoms with Crippen LogP contribution in [0, 0.1) is 0 Å². The minimum Gasteiger partial charge on any atom is -0.377 e. The van der Waals surface area contributed by atoms with E-state index in [0.717, 1.165) is 17.9 Å². The maximum atomic E-state index is 4.35. The number of piperidine rings is 1. The van der Waals surface area contributed by atoms with Gasteiger partial charge in [-0.05, 0) is 50.9 Å². The SMILES string of the molecule is C[C@H](Nc1ccc(CN2CCCC[C@H]2C)cc1)c1cnccn1. The Morgan fingerprint density at radius 2 is 2.04 bits per heavy atom. The molecule has 23 heavy (non-hydrogen) atoms. The normalized spacial score (nSPS) is 20.2. The third-order valence-electron chi connectivity index (χ3n) is 4.69. The second-order valence-electron chi connectivity index (χ2n) is 6.51. The maximum absolute atomic E-state index is 4.35. The fourth-order valence-electron chi connectivity index (χ4n) is 3.19. The fraction of sp³-hybridized carbons (Fsp3) is 0.474. The van der Waals surface area contributed by atoms with E-state index in [2.05, 4.69) is 58.3 Å². The number of anilines is 1. The molecule has 1 aliphatic rings. The topological polar surface area (TPSA) is 41.0 Å². The molecule has 2 aromatic rings. The summed E-state index contributed by atoms with van der Waals surface area (Å²) in [7, 11) is 0. The van der Waals surface area contributed by atoms with Gasteiger partial charge in [0.15, 0.2) is 0 Å². The van der Waals surface area contributed by atoms with Crippen molar-refractivity contribution in [3.8, 4) is 0 Å². The summed E-state index contributed by atoms with van der Waals surface area (Å²) in [6, 6.07) is 9.64. The summed E-state index contributed by atoms with van der Waals surface area (Å²) in [5.74, 6) is 0. The predicted octanol–water partition coefficient (Wildman–Crippen LogP) is 4.02. The third kappa shape index (κ3) is 4.29. The highest BCUT2D eigenvalue weighted by molar-refractivity contribution is 5.46. The van der Waals surface area contributed by atoms with E-state index in [1.807, 2.05) is 6.20 Å². The number of likely N-dealkylation sites (tertiary alicyclic amines) is 1. The van der Waals surface area contributed by atoms with E-state index in [0.29, 0.717) is 6.04 Å². The molecule has 0 amide bonds. The first kappa shape index (κ1) is 15.9. The molecular formula is C19H26N4. The highest BCUT2D eigenvalue weighted by Gasteiger charge is 2.18. The van der Waals surface area contributed by atoms with Gasteiger partial charge in [-0.15, -0.1) is 0 Å². The lowest BCUT2D eigenvalue weighted by molar-refractivity contribution is 0.152. The third-order valence-corrected chi connectivity index (χ3v) is 4.69. The molecule has 0 aliphatic carbocycles. The molecular weight excluding hydrogens is 284 g/mol. The summed E-state index contributed by atoms with van der Waals surface area (Å²) in [4.78, 5) is 11.1. The minimum atomic E-state index is 0.150. The van der Waals surface area contributed by atoms with Gasteiger partial charge in [-0.2, -0.15) is 0 Å². The lowest BCUT2D eigenvalue weighted by Crippen LogP contribution is -2.36. The van der Waals surface area contributed by atoms with Gasteiger partial charge in [-0.1, -0.05) is 18.6 Å². The molecule has 1 aromatic heterocycles. The van der Waals surface area contributed by atoms with Crippen LogP contribution in [0.2, 0.25) is 0 Å². The van der Waals surface area contributed by atoms with E-state index in [1.165, 1.54) is 31.4 Å². The van der Waals surface area contributed by atoms with E-state index in [9.17, 15) is 0 Å². The monoisotopic (exact) mass is 310 g/mol. The van der Waals surface area contributed by atoms with Gasteiger partial charge in [-0.25, -0.2) is 0 Å². The molecule has 4 nitrogen and oxygen atoms in total. The second-order valence-corrected chi connectivity index (χ2v) is 6.51. The Bertz CT molecular complexity index is 597. The highest BCUT2D eigenvalue weighted by atomic mass is 15.2. The molecule has 1 saturated heterocycles. The van der Waals surface area contributed by atoms with Gasteiger partial charge in [0, 0.05) is 30.7 Å². The van der Waals surface area contributed by atoms with Gasteiger partial charge < -0.3 is 5.32 Å². The lowest BCUT2D eigenvalue weighted by atomic mass is 10.0. The van der Waals surface area contributed by atoms with Gasteiger partial charge in [0.25, 0.3) is 0 Å². The van der Waals surface area contributed by atoms with Crippen molar-refractivity contribution < 1.29 is 0 Å². The summed E-state index contributed by atoms with van der Waals surface area (Å²) in [6.07, 6.45) is 9.28. The zero-order valence-corrected chi connectivity index (χ0v) is 14.1. The van der Waals surface area contributed by atoms with E-state index >= 15 is 0 Å². The van der Waals surface area contributed by atoms with Crippen LogP contribution in [0.4, 0.5) is 5.69 Å². The molecule has 0 spiro atoms. The standard InChI is InChI=1S/C19H26N4/c1-15-5-3-4-12-23(15)14-17-6-8-18(9-7-17)22-16(2)19-13-20-10-11-21-19/h6-11,13,15-16,22H,3-5,12,14H2,1-2H3/t15-,16+/m1/s1. The maximum Gasteiger partial charge on any atom is 0.0806 e. The molecule has 2 heterocycles. The van der Waals surface area contributed by atoms with E-state index < -0.39 is 0 Å². The molecule has 0 unspecified atom stereocenters. The van der Waals surface area contributed by atoms with Crippen molar-refractivity contribution >= 4 is 5.69 Å². The van der Waals surface area contributed by atoms with Gasteiger partial charge in [0.05, 0.1) is 17.9 Å². The van der Waals surface area contributed by atoms with E-state index in [1.54, 1.807) is 12.4 Å². The number of hydrogen-bond donors (Lipinski definition) is 1. The Balaban J connectivity index is 1.58. The lowest BCUT2D eigenvalue weighted by Gasteiger charge is -2.33. The summed E-state index contributed by atoms with van der Waals surface area (Å²) in [5, 5.41) is 3.48. The van der Waals surface area contributed by atoms with Crippen LogP contribution in [0.5, 0.6) is 0 Å². The first-order valence-corrected chi connectivity index (χ1v) is 8.58. The molecule has 1 N–H and O–H groups in total. The molecule has 3 rings (SSSR count). The Morgan fingerprint density at radius 1 is 1.22 bits per heavy atom. The molecule has 0 radical (unpaired) electrons. The van der Waals surface area contributed by atoms with Gasteiger partial charge in [0.2, 0.25) is 0 Å². The van der Waals surface area contributed by atoms with Gasteiger partial charge >= 0.3 is 0 Å². The smallest absolute Gasteiger partial charge is 0.0806 e. The van der Waals surface area contributed by atoms with Gasteiger partial charge in [-0.3, -0.25) is 14.9 Å². The van der Waals surface area contributed by atoms with Crippen molar-refractivity contribution in [3.63, 3.8) is 0 Å². The van der Waals surface area contributed by atoms with Crippen LogP contribution in [0.3, 0.4) is 0 Å². The zero-order chi connectivity index (χ0) is 16.1. The van der Waals surface area contributed by atoms with E-state index in [-0.39, 0.29) is 6.04 Å². The summed E-state index contributed by atoms with van der Waals surface area (Å²) < 4.78 is 0. The Kier molecular flexibility index (Phi) is 5.23. The molecule has 0 bridgehead atoms. The number of benzene rings is 1. The Hall–Kier alpha value is -1.94. The van der Waals surface area contributed by atoms with Crippen LogP contribution in [0.25, 0.3) is 0 Å². The second kappa shape index (κ2) is 7.55. The Morgan fingerprint density at radius 3 is 2.74 bits per heavy atom. The summed E-state index contributed by atoms with van der Waals surface area (Å²) in [6.45, 7) is 6.73. The van der Waals surface area contributed by atoms with Crippen molar-refractivity contribution in [2.75, 3.05) is 11.9 Å². The molecule has 0 saturated carbocycles. The number of aromatic nitrogens is 2. The van der Waals surface area contributed by atoms with Crippen molar-refractivity contribution in [2.24, 2.45) is 0 Å². The number of hydrogen-bond acceptors (Lipinski definition) is 4. The Labute approximate surface area is 139 Å². The summed E-state index contributed by atoms with van der Waals surface area (Å²) in [5.41, 5.74) is 3.47. The molecule has 4 heteroatoms. The first-order valence-electron chi connectivity index (χ1n) is 8.58. The van der Waals surface area contributed by atoms with Crippen LogP contribution in [-0.2, 0) is 6.54 Å². The predicted molar refractivity (Wildman–Crippen MR) is 94.2 cm³/mol. The zero-order valence-electron chi connectivity index (χ0n) is 14.1. The van der Waals surface area contributed by atoms with Crippen LogP contribution in [-0.4, -0.2) is 27.5 Å². The van der Waals surface area contributed by atoms with Crippen molar-refractivity contribution in [2.45, 2.75) is 51.7 Å². The molecule has 1 fully saturated rings.